The first kappa shape index (κ1) is 55.7. The third kappa shape index (κ3) is 14.0. The van der Waals surface area contributed by atoms with E-state index in [2.05, 4.69) is 0 Å². The summed E-state index contributed by atoms with van der Waals surface area (Å²) in [7, 11) is 0. The van der Waals surface area contributed by atoms with E-state index in [9.17, 15) is 52.7 Å². The lowest BCUT2D eigenvalue weighted by atomic mass is 9.98. The third-order valence-corrected chi connectivity index (χ3v) is 9.26. The van der Waals surface area contributed by atoms with Crippen LogP contribution in [0.2, 0.25) is 0 Å². The van der Waals surface area contributed by atoms with Gasteiger partial charge in [-0.25, -0.2) is 4.79 Å². The quantitative estimate of drug-likeness (QED) is 0.0919. The molecule has 2 heterocycles. The summed E-state index contributed by atoms with van der Waals surface area (Å²) in [5.74, 6) is -17.7. The summed E-state index contributed by atoms with van der Waals surface area (Å²) >= 11 is 0. The van der Waals surface area contributed by atoms with E-state index >= 15 is 4.79 Å². The summed E-state index contributed by atoms with van der Waals surface area (Å²) in [6, 6.07) is 5.60. The summed E-state index contributed by atoms with van der Waals surface area (Å²) < 4.78 is 77.6. The molecule has 0 saturated carbocycles. The summed E-state index contributed by atoms with van der Waals surface area (Å²) in [5.41, 5.74) is -2.78. The van der Waals surface area contributed by atoms with Crippen molar-refractivity contribution in [3.05, 3.63) is 52.2 Å². The molecule has 1 saturated heterocycles. The van der Waals surface area contributed by atoms with Gasteiger partial charge in [0.1, 0.15) is 22.5 Å². The van der Waals surface area contributed by atoms with Crippen molar-refractivity contribution in [1.82, 2.24) is 0 Å². The Labute approximate surface area is 416 Å². The van der Waals surface area contributed by atoms with E-state index in [4.69, 9.17) is 66.0 Å². The molecule has 0 unspecified atom stereocenters. The highest BCUT2D eigenvalue weighted by Gasteiger charge is 2.52. The molecule has 0 spiro atoms. The third-order valence-electron chi connectivity index (χ3n) is 9.26. The van der Waals surface area contributed by atoms with Crippen LogP contribution in [0.3, 0.4) is 0 Å². The minimum Gasteiger partial charge on any atom is -0.456 e. The van der Waals surface area contributed by atoms with Gasteiger partial charge in [0.25, 0.3) is 0 Å². The van der Waals surface area contributed by atoms with Gasteiger partial charge in [-0.05, 0) is 31.2 Å². The number of carbonyl (C=O) groups excluding carboxylic acids is 11. The summed E-state index contributed by atoms with van der Waals surface area (Å²) in [4.78, 5) is 153. The lowest BCUT2D eigenvalue weighted by molar-refractivity contribution is -0.275. The fraction of sp³-hybridized carbons (Fsp3) is 0.333. The normalized spacial score (nSPS) is 16.8. The Bertz CT molecular complexity index is 3000. The van der Waals surface area contributed by atoms with E-state index in [0.717, 1.165) is 106 Å². The average Bonchev–Trinajstić information content (AvgIpc) is 3.24. The van der Waals surface area contributed by atoms with Crippen molar-refractivity contribution in [1.29, 1.82) is 0 Å². The summed E-state index contributed by atoms with van der Waals surface area (Å²) in [6.45, 7) is 11.0. The van der Waals surface area contributed by atoms with E-state index in [0.29, 0.717) is 0 Å². The maximum Gasteiger partial charge on any atom is 0.339 e. The maximum atomic E-state index is 15.2. The van der Waals surface area contributed by atoms with Crippen molar-refractivity contribution >= 4 is 76.6 Å². The Balaban J connectivity index is 1.88. The zero-order valence-corrected chi connectivity index (χ0v) is 41.0. The van der Waals surface area contributed by atoms with Gasteiger partial charge in [-0.15, -0.1) is 0 Å². The monoisotopic (exact) mass is 1040 g/mol. The van der Waals surface area contributed by atoms with Crippen molar-refractivity contribution in [3.63, 3.8) is 0 Å². The zero-order chi connectivity index (χ0) is 55.0. The van der Waals surface area contributed by atoms with Gasteiger partial charge in [-0.3, -0.25) is 52.7 Å². The number of ether oxygens (including phenoxy) is 13. The van der Waals surface area contributed by atoms with Crippen LogP contribution in [-0.4, -0.2) is 96.4 Å². The molecule has 0 radical (unpaired) electrons. The van der Waals surface area contributed by atoms with Crippen LogP contribution in [0.5, 0.6) is 51.7 Å². The SMILES string of the molecule is CC(=O)Oc1cc(OC(C)=O)c2c(=O)c(O[C@@H]3O[C@@H](C)[C@H](OC(C)=O)[C@@H](OC(C)=O)[C@H]3OC(=O)c3cc(OC(C)=O)c(OC(C)=O)c(OC(C)=O)c3)c(-c3cc(OC(C)=O)c(OC(C)=O)c(OC(C)=O)c3)oc2c1. The van der Waals surface area contributed by atoms with Crippen LogP contribution in [0.25, 0.3) is 22.3 Å². The number of benzene rings is 3. The number of esters is 11. The fourth-order valence-electron chi connectivity index (χ4n) is 6.99. The minimum absolute atomic E-state index is 0.331. The van der Waals surface area contributed by atoms with Crippen LogP contribution >= 0.6 is 0 Å². The topological polar surface area (TPSA) is 338 Å². The summed E-state index contributed by atoms with van der Waals surface area (Å²) in [6.07, 6.45) is -9.32. The molecule has 392 valence electrons. The molecule has 0 aliphatic carbocycles. The number of carbonyl (C=O) groups is 11. The second kappa shape index (κ2) is 23.4. The van der Waals surface area contributed by atoms with Gasteiger partial charge in [0.2, 0.25) is 35.1 Å². The molecule has 74 heavy (non-hydrogen) atoms. The number of hydrogen-bond donors (Lipinski definition) is 0. The molecule has 26 heteroatoms. The minimum atomic E-state index is -2.20. The Kier molecular flexibility index (Phi) is 17.6. The van der Waals surface area contributed by atoms with Gasteiger partial charge in [0.05, 0.1) is 11.7 Å². The molecule has 0 N–H and O–H groups in total. The first-order valence-electron chi connectivity index (χ1n) is 21.5. The molecule has 0 amide bonds. The van der Waals surface area contributed by atoms with Crippen LogP contribution in [0, 0.1) is 0 Å². The second-order valence-corrected chi connectivity index (χ2v) is 15.6. The first-order chi connectivity index (χ1) is 34.6. The standard InChI is InChI=1S/C48H44O26/c1-18-40(68-25(8)55)45(71-28(11)58)46(73-47(60)30-14-36(66-23(6)53)43(70-27(10)57)37(15-30)67-24(7)54)48(61-18)74-44-39(59)38-32(63-20(3)50)16-31(62-19(2)49)17-33(38)72-41(44)29-12-34(64-21(4)51)42(69-26(9)56)35(13-29)65-22(5)52/h12-18,40,45-46,48H,1-11H3/t18-,40-,45+,46+,48-/m0/s1. The van der Waals surface area contributed by atoms with E-state index < -0.39 is 176 Å². The number of rotatable bonds is 15. The molecule has 5 rings (SSSR count). The Morgan fingerprint density at radius 3 is 1.28 bits per heavy atom. The Hall–Kier alpha value is -9.20. The van der Waals surface area contributed by atoms with Crippen molar-refractivity contribution in [2.24, 2.45) is 0 Å². The molecule has 0 bridgehead atoms. The van der Waals surface area contributed by atoms with Crippen LogP contribution in [-0.2, 0) is 66.9 Å². The van der Waals surface area contributed by atoms with E-state index in [1.807, 2.05) is 0 Å². The molecular formula is C48H44O26. The van der Waals surface area contributed by atoms with Gasteiger partial charge < -0.3 is 66.0 Å². The van der Waals surface area contributed by atoms with Gasteiger partial charge in [0, 0.05) is 86.9 Å². The highest BCUT2D eigenvalue weighted by Crippen LogP contribution is 2.46. The molecule has 1 fully saturated rings. The summed E-state index contributed by atoms with van der Waals surface area (Å²) in [5, 5.41) is -0.595. The Morgan fingerprint density at radius 2 is 0.851 bits per heavy atom. The van der Waals surface area contributed by atoms with Gasteiger partial charge in [0.15, 0.2) is 41.0 Å². The molecule has 1 aromatic heterocycles. The number of fused-ring (bicyclic) bond motifs is 1. The van der Waals surface area contributed by atoms with Crippen molar-refractivity contribution < 1.29 is 119 Å². The van der Waals surface area contributed by atoms with E-state index in [1.54, 1.807) is 0 Å². The maximum absolute atomic E-state index is 15.2. The molecule has 4 aromatic rings. The average molecular weight is 1040 g/mol. The largest absolute Gasteiger partial charge is 0.456 e. The molecular weight excluding hydrogens is 993 g/mol. The van der Waals surface area contributed by atoms with Gasteiger partial charge in [-0.2, -0.15) is 0 Å². The highest BCUT2D eigenvalue weighted by atomic mass is 16.7. The molecule has 5 atom stereocenters. The lowest BCUT2D eigenvalue weighted by Crippen LogP contribution is -2.62. The van der Waals surface area contributed by atoms with E-state index in [-0.39, 0.29) is 5.75 Å². The lowest BCUT2D eigenvalue weighted by Gasteiger charge is -2.43. The second-order valence-electron chi connectivity index (χ2n) is 15.6. The molecule has 3 aromatic carbocycles. The van der Waals surface area contributed by atoms with Crippen LogP contribution in [0.4, 0.5) is 0 Å². The van der Waals surface area contributed by atoms with Crippen molar-refractivity contribution in [2.75, 3.05) is 0 Å². The molecule has 1 aliphatic rings. The predicted octanol–water partition coefficient (Wildman–Crippen LogP) is 4.08. The molecule has 1 aliphatic heterocycles. The van der Waals surface area contributed by atoms with Crippen LogP contribution in [0.1, 0.15) is 86.5 Å². The van der Waals surface area contributed by atoms with Gasteiger partial charge in [-0.1, -0.05) is 0 Å². The smallest absolute Gasteiger partial charge is 0.339 e. The van der Waals surface area contributed by atoms with Crippen LogP contribution < -0.4 is 48.1 Å². The predicted molar refractivity (Wildman–Crippen MR) is 240 cm³/mol. The van der Waals surface area contributed by atoms with Crippen LogP contribution in [0.15, 0.2) is 45.6 Å². The van der Waals surface area contributed by atoms with Gasteiger partial charge >= 0.3 is 65.7 Å². The van der Waals surface area contributed by atoms with Crippen molar-refractivity contribution in [2.45, 2.75) is 107 Å². The Morgan fingerprint density at radius 1 is 0.432 bits per heavy atom. The highest BCUT2D eigenvalue weighted by molar-refractivity contribution is 5.94. The first-order valence-corrected chi connectivity index (χ1v) is 21.5. The number of hydrogen-bond acceptors (Lipinski definition) is 26. The zero-order valence-electron chi connectivity index (χ0n) is 41.0. The van der Waals surface area contributed by atoms with Crippen molar-refractivity contribution in [3.8, 4) is 63.1 Å². The fourth-order valence-corrected chi connectivity index (χ4v) is 6.99. The van der Waals surface area contributed by atoms with E-state index in [1.165, 1.54) is 6.92 Å². The molecule has 26 nitrogen and oxygen atoms in total.